The van der Waals surface area contributed by atoms with Crippen molar-refractivity contribution in [2.24, 2.45) is 5.92 Å². The van der Waals surface area contributed by atoms with E-state index < -0.39 is 66.5 Å². The molecule has 2 aromatic rings. The summed E-state index contributed by atoms with van der Waals surface area (Å²) in [5.74, 6) is -0.702. The highest BCUT2D eigenvalue weighted by Crippen LogP contribution is 2.49. The van der Waals surface area contributed by atoms with Crippen molar-refractivity contribution < 1.29 is 44.8 Å². The monoisotopic (exact) mass is 694 g/mol. The van der Waals surface area contributed by atoms with E-state index in [1.807, 2.05) is 13.0 Å². The van der Waals surface area contributed by atoms with Crippen molar-refractivity contribution in [1.82, 2.24) is 19.3 Å². The maximum Gasteiger partial charge on any atom is 0.411 e. The summed E-state index contributed by atoms with van der Waals surface area (Å²) in [7, 11) is -7.94. The second kappa shape index (κ2) is 12.5. The molecular formula is C31H42N4O10S2. The molecule has 16 heteroatoms. The molecular weight excluding hydrogens is 652 g/mol. The zero-order valence-electron chi connectivity index (χ0n) is 27.1. The lowest BCUT2D eigenvalue weighted by Crippen LogP contribution is -2.56. The molecule has 4 atom stereocenters. The minimum Gasteiger partial charge on any atom is -0.497 e. The smallest absolute Gasteiger partial charge is 0.411 e. The van der Waals surface area contributed by atoms with Gasteiger partial charge in [-0.15, -0.1) is 6.58 Å². The Bertz CT molecular complexity index is 1770. The molecule has 0 bridgehead atoms. The Morgan fingerprint density at radius 1 is 1.17 bits per heavy atom. The summed E-state index contributed by atoms with van der Waals surface area (Å²) in [6, 6.07) is 5.95. The normalized spacial score (nSPS) is 25.2. The molecule has 14 nitrogen and oxygen atoms in total. The summed E-state index contributed by atoms with van der Waals surface area (Å²) in [6.45, 7) is 10.5. The fraction of sp³-hybridized carbons (Fsp3) is 0.581. The highest BCUT2D eigenvalue weighted by Gasteiger charge is 2.66. The number of rotatable bonds is 13. The number of carbonyl (C=O) groups excluding carboxylic acids is 2. The number of benzene rings is 1. The van der Waals surface area contributed by atoms with Crippen LogP contribution in [0.25, 0.3) is 10.8 Å². The number of carbonyl (C=O) groups is 2. The second-order valence-corrected chi connectivity index (χ2v) is 16.8. The largest absolute Gasteiger partial charge is 0.497 e. The van der Waals surface area contributed by atoms with Gasteiger partial charge in [-0.2, -0.15) is 8.42 Å². The van der Waals surface area contributed by atoms with Crippen LogP contribution >= 0.6 is 0 Å². The van der Waals surface area contributed by atoms with Crippen LogP contribution in [-0.2, 0) is 34.0 Å². The third-order valence-electron chi connectivity index (χ3n) is 8.48. The van der Waals surface area contributed by atoms with Crippen molar-refractivity contribution in [1.29, 1.82) is 0 Å². The van der Waals surface area contributed by atoms with Crippen molar-refractivity contribution >= 4 is 43.1 Å². The van der Waals surface area contributed by atoms with E-state index in [2.05, 4.69) is 16.9 Å². The number of likely N-dealkylation sites (tertiary alicyclic amines) is 1. The first-order valence-electron chi connectivity index (χ1n) is 15.5. The number of aromatic nitrogens is 1. The summed E-state index contributed by atoms with van der Waals surface area (Å²) in [5, 5.41) is 4.02. The zero-order chi connectivity index (χ0) is 34.4. The fourth-order valence-electron chi connectivity index (χ4n) is 5.94. The van der Waals surface area contributed by atoms with Gasteiger partial charge in [-0.05, 0) is 76.1 Å². The molecule has 2 aliphatic carbocycles. The third-order valence-corrected chi connectivity index (χ3v) is 12.3. The summed E-state index contributed by atoms with van der Waals surface area (Å²) in [5.41, 5.74) is -1.82. The van der Waals surface area contributed by atoms with Crippen LogP contribution in [0.2, 0.25) is 0 Å². The number of sulfonamides is 1. The van der Waals surface area contributed by atoms with E-state index in [1.165, 1.54) is 11.0 Å². The predicted octanol–water partition coefficient (Wildman–Crippen LogP) is 3.53. The van der Waals surface area contributed by atoms with Crippen LogP contribution in [0.15, 0.2) is 43.1 Å². The SMILES string of the molecule is C=CC1CC1(NC(=O)C1CC(Oc2nccc3cc(OC)ccc23)CN1C(=O)OC(C)(C)C)S(=O)(=O)NS(=O)(=O)OC1(CCC)CC1. The second-order valence-electron chi connectivity index (χ2n) is 13.3. The van der Waals surface area contributed by atoms with E-state index in [4.69, 9.17) is 18.4 Å². The number of methoxy groups -OCH3 is 1. The zero-order valence-corrected chi connectivity index (χ0v) is 28.8. The summed E-state index contributed by atoms with van der Waals surface area (Å²) < 4.78 is 77.0. The van der Waals surface area contributed by atoms with E-state index in [0.29, 0.717) is 36.8 Å². The average Bonchev–Trinajstić information content (AvgIpc) is 3.85. The number of hydrogen-bond donors (Lipinski definition) is 2. The van der Waals surface area contributed by atoms with E-state index in [-0.39, 0.29) is 25.3 Å². The Hall–Kier alpha value is -3.47. The number of amides is 2. The van der Waals surface area contributed by atoms with Crippen LogP contribution in [0.3, 0.4) is 0 Å². The lowest BCUT2D eigenvalue weighted by atomic mass is 10.1. The van der Waals surface area contributed by atoms with Gasteiger partial charge in [0.15, 0.2) is 4.87 Å². The lowest BCUT2D eigenvalue weighted by molar-refractivity contribution is -0.126. The van der Waals surface area contributed by atoms with Crippen molar-refractivity contribution in [3.8, 4) is 11.6 Å². The number of nitrogens with one attached hydrogen (secondary N) is 2. The average molecular weight is 695 g/mol. The number of hydrogen-bond acceptors (Lipinski definition) is 11. The number of fused-ring (bicyclic) bond motifs is 1. The lowest BCUT2D eigenvalue weighted by Gasteiger charge is -2.29. The Labute approximate surface area is 275 Å². The molecule has 258 valence electrons. The van der Waals surface area contributed by atoms with Crippen molar-refractivity contribution in [2.45, 2.75) is 94.4 Å². The molecule has 2 saturated carbocycles. The first-order chi connectivity index (χ1) is 22.0. The molecule has 5 rings (SSSR count). The van der Waals surface area contributed by atoms with Gasteiger partial charge in [0, 0.05) is 23.9 Å². The van der Waals surface area contributed by atoms with Crippen LogP contribution in [0.4, 0.5) is 4.79 Å². The van der Waals surface area contributed by atoms with Gasteiger partial charge in [0.2, 0.25) is 11.8 Å². The van der Waals surface area contributed by atoms with Crippen molar-refractivity contribution in [3.05, 3.63) is 43.1 Å². The molecule has 47 heavy (non-hydrogen) atoms. The molecule has 0 radical (unpaired) electrons. The highest BCUT2D eigenvalue weighted by atomic mass is 32.3. The van der Waals surface area contributed by atoms with Gasteiger partial charge in [-0.25, -0.2) is 18.2 Å². The maximum atomic E-state index is 13.9. The van der Waals surface area contributed by atoms with Gasteiger partial charge in [0.25, 0.3) is 10.0 Å². The van der Waals surface area contributed by atoms with Gasteiger partial charge in [0.1, 0.15) is 23.5 Å². The van der Waals surface area contributed by atoms with Crippen molar-refractivity contribution in [3.63, 3.8) is 0 Å². The molecule has 2 amide bonds. The number of nitrogens with zero attached hydrogens (tertiary/aromatic N) is 2. The van der Waals surface area contributed by atoms with Crippen LogP contribution in [0, 0.1) is 5.92 Å². The quantitative estimate of drug-likeness (QED) is 0.293. The Balaban J connectivity index is 1.38. The molecule has 1 aliphatic heterocycles. The maximum absolute atomic E-state index is 13.9. The van der Waals surface area contributed by atoms with E-state index in [1.54, 1.807) is 56.4 Å². The minimum atomic E-state index is -4.76. The van der Waals surface area contributed by atoms with Crippen LogP contribution in [0.5, 0.6) is 11.6 Å². The van der Waals surface area contributed by atoms with Crippen LogP contribution in [-0.4, -0.2) is 80.6 Å². The van der Waals surface area contributed by atoms with Crippen LogP contribution in [0.1, 0.15) is 66.2 Å². The van der Waals surface area contributed by atoms with Gasteiger partial charge in [0.05, 0.1) is 19.3 Å². The summed E-state index contributed by atoms with van der Waals surface area (Å²) >= 11 is 0. The molecule has 2 N–H and O–H groups in total. The van der Waals surface area contributed by atoms with Crippen molar-refractivity contribution in [2.75, 3.05) is 13.7 Å². The van der Waals surface area contributed by atoms with Gasteiger partial charge in [-0.1, -0.05) is 23.5 Å². The predicted molar refractivity (Wildman–Crippen MR) is 172 cm³/mol. The standard InChI is InChI=1S/C31H42N4O10S2/c1-7-12-30(13-14-30)45-47(40,41)34-46(38,39)31(18-21(31)8-2)33-26(36)25-17-23(19-35(25)28(37)44-29(3,4)5)43-27-24-10-9-22(42-6)16-20(24)11-15-32-27/h8-11,15-16,21,23,25,34H,2,7,12-14,17-19H2,1,3-6H3,(H,33,36). The molecule has 1 saturated heterocycles. The molecule has 3 aliphatic rings. The first kappa shape index (κ1) is 34.9. The first-order valence-corrected chi connectivity index (χ1v) is 18.4. The Morgan fingerprint density at radius 2 is 1.89 bits per heavy atom. The number of pyridine rings is 1. The minimum absolute atomic E-state index is 0.0252. The molecule has 2 heterocycles. The molecule has 0 spiro atoms. The molecule has 4 unspecified atom stereocenters. The topological polar surface area (TPSA) is 180 Å². The molecule has 3 fully saturated rings. The third kappa shape index (κ3) is 7.50. The summed E-state index contributed by atoms with van der Waals surface area (Å²) in [6.07, 6.45) is 3.33. The van der Waals surface area contributed by atoms with Gasteiger partial charge >= 0.3 is 16.4 Å². The van der Waals surface area contributed by atoms with E-state index in [9.17, 15) is 26.4 Å². The fourth-order valence-corrected chi connectivity index (χ4v) is 9.59. The highest BCUT2D eigenvalue weighted by molar-refractivity contribution is 8.03. The van der Waals surface area contributed by atoms with Crippen LogP contribution < -0.4 is 18.9 Å². The molecule has 1 aromatic heterocycles. The Kier molecular flexibility index (Phi) is 9.29. The number of ether oxygens (including phenoxy) is 3. The van der Waals surface area contributed by atoms with Gasteiger partial charge < -0.3 is 19.5 Å². The molecule has 1 aromatic carbocycles. The van der Waals surface area contributed by atoms with E-state index >= 15 is 0 Å². The van der Waals surface area contributed by atoms with Gasteiger partial charge in [-0.3, -0.25) is 13.9 Å². The summed E-state index contributed by atoms with van der Waals surface area (Å²) in [4.78, 5) is 30.7. The van der Waals surface area contributed by atoms with E-state index in [0.717, 1.165) is 5.39 Å². The Morgan fingerprint density at radius 3 is 2.49 bits per heavy atom.